The minimum Gasteiger partial charge on any atom is -0.508 e. The molecule has 0 atom stereocenters. The molecular formula is C26H38N2O3. The third-order valence-corrected chi connectivity index (χ3v) is 5.48. The number of amides is 1. The molecule has 0 aliphatic rings. The lowest BCUT2D eigenvalue weighted by Crippen LogP contribution is -2.28. The summed E-state index contributed by atoms with van der Waals surface area (Å²) in [7, 11) is 1.69. The molecule has 2 aromatic rings. The van der Waals surface area contributed by atoms with E-state index in [0.29, 0.717) is 12.1 Å². The molecule has 0 unspecified atom stereocenters. The number of anilines is 1. The number of phenols is 1. The molecule has 1 amide bonds. The van der Waals surface area contributed by atoms with Gasteiger partial charge >= 0.3 is 0 Å². The smallest absolute Gasteiger partial charge is 0.251 e. The molecule has 0 aromatic heterocycles. The normalized spacial score (nSPS) is 10.7. The Morgan fingerprint density at radius 2 is 1.61 bits per heavy atom. The first-order valence-electron chi connectivity index (χ1n) is 11.6. The molecule has 2 rings (SSSR count). The van der Waals surface area contributed by atoms with E-state index >= 15 is 0 Å². The number of carbonyl (C=O) groups excluding carboxylic acids is 1. The molecule has 0 radical (unpaired) electrons. The molecule has 2 N–H and O–H groups in total. The maximum Gasteiger partial charge on any atom is 0.251 e. The van der Waals surface area contributed by atoms with Gasteiger partial charge in [-0.2, -0.15) is 0 Å². The summed E-state index contributed by atoms with van der Waals surface area (Å²) in [6.07, 6.45) is 7.75. The Hall–Kier alpha value is -2.69. The zero-order chi connectivity index (χ0) is 22.5. The largest absolute Gasteiger partial charge is 0.508 e. The van der Waals surface area contributed by atoms with Crippen LogP contribution in [0.1, 0.15) is 68.3 Å². The number of benzene rings is 2. The van der Waals surface area contributed by atoms with E-state index in [9.17, 15) is 9.90 Å². The van der Waals surface area contributed by atoms with Crippen LogP contribution in [0.2, 0.25) is 0 Å². The van der Waals surface area contributed by atoms with Gasteiger partial charge in [-0.1, -0.05) is 51.7 Å². The van der Waals surface area contributed by atoms with Crippen molar-refractivity contribution >= 4 is 11.6 Å². The van der Waals surface area contributed by atoms with Crippen LogP contribution >= 0.6 is 0 Å². The van der Waals surface area contributed by atoms with Gasteiger partial charge in [0.25, 0.3) is 5.91 Å². The number of phenolic OH excluding ortho intramolecular Hbond substituents is 1. The van der Waals surface area contributed by atoms with E-state index in [0.717, 1.165) is 49.4 Å². The maximum atomic E-state index is 12.8. The lowest BCUT2D eigenvalue weighted by molar-refractivity contribution is 0.0954. The number of rotatable bonds is 14. The highest BCUT2D eigenvalue weighted by Gasteiger charge is 2.15. The van der Waals surface area contributed by atoms with Crippen molar-refractivity contribution in [3.8, 4) is 11.5 Å². The van der Waals surface area contributed by atoms with Gasteiger partial charge in [0.05, 0.1) is 12.8 Å². The van der Waals surface area contributed by atoms with Crippen LogP contribution in [-0.4, -0.2) is 37.8 Å². The van der Waals surface area contributed by atoms with Crippen molar-refractivity contribution in [1.29, 1.82) is 0 Å². The van der Waals surface area contributed by atoms with Crippen LogP contribution < -0.4 is 15.0 Å². The minimum absolute atomic E-state index is 0.0789. The molecular weight excluding hydrogens is 388 g/mol. The Morgan fingerprint density at radius 1 is 0.968 bits per heavy atom. The van der Waals surface area contributed by atoms with Crippen LogP contribution in [-0.2, 0) is 6.42 Å². The van der Waals surface area contributed by atoms with Crippen molar-refractivity contribution < 1.29 is 14.6 Å². The van der Waals surface area contributed by atoms with Crippen molar-refractivity contribution in [2.75, 3.05) is 31.6 Å². The Labute approximate surface area is 187 Å². The summed E-state index contributed by atoms with van der Waals surface area (Å²) < 4.78 is 5.63. The van der Waals surface area contributed by atoms with E-state index in [1.54, 1.807) is 19.2 Å². The first-order chi connectivity index (χ1) is 15.1. The quantitative estimate of drug-likeness (QED) is 0.388. The highest BCUT2D eigenvalue weighted by atomic mass is 16.5. The fourth-order valence-electron chi connectivity index (χ4n) is 3.62. The second-order valence-electron chi connectivity index (χ2n) is 7.96. The van der Waals surface area contributed by atoms with Gasteiger partial charge in [-0.25, -0.2) is 0 Å². The Balaban J connectivity index is 2.07. The molecule has 0 fully saturated rings. The summed E-state index contributed by atoms with van der Waals surface area (Å²) in [5.74, 6) is 0.986. The maximum absolute atomic E-state index is 12.8. The number of carbonyl (C=O) groups is 1. The standard InChI is InChI=1S/C26H38N2O3/c1-4-6-8-18-28(19-9-7-5-2)24-20-22(12-15-25(24)31-3)26(30)27-17-16-21-10-13-23(29)14-11-21/h10-15,20,29H,4-9,16-19H2,1-3H3,(H,27,30). The highest BCUT2D eigenvalue weighted by molar-refractivity contribution is 5.95. The van der Waals surface area contributed by atoms with Gasteiger partial charge in [0.15, 0.2) is 0 Å². The van der Waals surface area contributed by atoms with E-state index < -0.39 is 0 Å². The third kappa shape index (κ3) is 8.16. The Morgan fingerprint density at radius 3 is 2.19 bits per heavy atom. The Bertz CT molecular complexity index is 780. The summed E-state index contributed by atoms with van der Waals surface area (Å²) in [4.78, 5) is 15.1. The second-order valence-corrected chi connectivity index (χ2v) is 7.96. The number of nitrogens with one attached hydrogen (secondary N) is 1. The number of methoxy groups -OCH3 is 1. The zero-order valence-corrected chi connectivity index (χ0v) is 19.3. The van der Waals surface area contributed by atoms with Gasteiger partial charge in [0.1, 0.15) is 11.5 Å². The van der Waals surface area contributed by atoms with Crippen LogP contribution in [0, 0.1) is 0 Å². The predicted octanol–water partition coefficient (Wildman–Crippen LogP) is 5.56. The Kier molecular flexibility index (Phi) is 10.8. The van der Waals surface area contributed by atoms with E-state index in [-0.39, 0.29) is 11.7 Å². The van der Waals surface area contributed by atoms with Crippen molar-refractivity contribution in [3.05, 3.63) is 53.6 Å². The number of unbranched alkanes of at least 4 members (excludes halogenated alkanes) is 4. The minimum atomic E-state index is -0.0789. The molecule has 31 heavy (non-hydrogen) atoms. The van der Waals surface area contributed by atoms with Crippen LogP contribution in [0.15, 0.2) is 42.5 Å². The lowest BCUT2D eigenvalue weighted by atomic mass is 10.1. The third-order valence-electron chi connectivity index (χ3n) is 5.48. The summed E-state index contributed by atoms with van der Waals surface area (Å²) in [6, 6.07) is 12.8. The SMILES string of the molecule is CCCCCN(CCCCC)c1cc(C(=O)NCCc2ccc(O)cc2)ccc1OC. The van der Waals surface area contributed by atoms with Gasteiger partial charge in [-0.05, 0) is 55.2 Å². The first-order valence-corrected chi connectivity index (χ1v) is 11.6. The van der Waals surface area contributed by atoms with Crippen LogP contribution in [0.5, 0.6) is 11.5 Å². The van der Waals surface area contributed by atoms with Crippen molar-refractivity contribution in [2.24, 2.45) is 0 Å². The predicted molar refractivity (Wildman–Crippen MR) is 128 cm³/mol. The van der Waals surface area contributed by atoms with Crippen molar-refractivity contribution in [2.45, 2.75) is 58.8 Å². The molecule has 0 bridgehead atoms. The van der Waals surface area contributed by atoms with Gasteiger partial charge in [0, 0.05) is 25.2 Å². The summed E-state index contributed by atoms with van der Waals surface area (Å²) in [5.41, 5.74) is 2.73. The van der Waals surface area contributed by atoms with Crippen LogP contribution in [0.25, 0.3) is 0 Å². The van der Waals surface area contributed by atoms with Gasteiger partial charge in [-0.3, -0.25) is 4.79 Å². The molecule has 0 aliphatic heterocycles. The van der Waals surface area contributed by atoms with Gasteiger partial charge in [-0.15, -0.1) is 0 Å². The topological polar surface area (TPSA) is 61.8 Å². The fraction of sp³-hybridized carbons (Fsp3) is 0.500. The molecule has 170 valence electrons. The summed E-state index contributed by atoms with van der Waals surface area (Å²) in [6.45, 7) is 6.91. The van der Waals surface area contributed by atoms with Crippen molar-refractivity contribution in [1.82, 2.24) is 5.32 Å². The van der Waals surface area contributed by atoms with E-state index in [1.165, 1.54) is 25.7 Å². The van der Waals surface area contributed by atoms with Crippen molar-refractivity contribution in [3.63, 3.8) is 0 Å². The lowest BCUT2D eigenvalue weighted by Gasteiger charge is -2.27. The molecule has 5 heteroatoms. The van der Waals surface area contributed by atoms with E-state index in [1.807, 2.05) is 30.3 Å². The van der Waals surface area contributed by atoms with E-state index in [4.69, 9.17) is 4.74 Å². The van der Waals surface area contributed by atoms with E-state index in [2.05, 4.69) is 24.1 Å². The first kappa shape index (κ1) is 24.6. The molecule has 0 heterocycles. The molecule has 5 nitrogen and oxygen atoms in total. The number of nitrogens with zero attached hydrogens (tertiary/aromatic N) is 1. The monoisotopic (exact) mass is 426 g/mol. The number of aromatic hydroxyl groups is 1. The van der Waals surface area contributed by atoms with Crippen LogP contribution in [0.3, 0.4) is 0 Å². The van der Waals surface area contributed by atoms with Crippen LogP contribution in [0.4, 0.5) is 5.69 Å². The molecule has 2 aromatic carbocycles. The van der Waals surface area contributed by atoms with Gasteiger partial charge < -0.3 is 20.1 Å². The molecule has 0 saturated carbocycles. The average Bonchev–Trinajstić information content (AvgIpc) is 2.79. The number of ether oxygens (including phenoxy) is 1. The fourth-order valence-corrected chi connectivity index (χ4v) is 3.62. The average molecular weight is 427 g/mol. The molecule has 0 spiro atoms. The number of hydrogen-bond acceptors (Lipinski definition) is 4. The summed E-state index contributed by atoms with van der Waals surface area (Å²) in [5, 5.41) is 12.4. The highest BCUT2D eigenvalue weighted by Crippen LogP contribution is 2.30. The van der Waals surface area contributed by atoms with Gasteiger partial charge in [0.2, 0.25) is 0 Å². The molecule has 0 saturated heterocycles. The number of hydrogen-bond donors (Lipinski definition) is 2. The summed E-state index contributed by atoms with van der Waals surface area (Å²) >= 11 is 0. The molecule has 0 aliphatic carbocycles. The second kappa shape index (κ2) is 13.6. The zero-order valence-electron chi connectivity index (χ0n) is 19.3.